The Hall–Kier alpha value is -3.08. The molecule has 10 nitrogen and oxygen atoms in total. The van der Waals surface area contributed by atoms with Gasteiger partial charge in [-0.1, -0.05) is 0 Å². The molecule has 0 spiro atoms. The third kappa shape index (κ3) is 6.00. The van der Waals surface area contributed by atoms with E-state index in [0.717, 1.165) is 25.3 Å². The second kappa shape index (κ2) is 11.0. The Labute approximate surface area is 185 Å². The molecule has 1 amide bonds. The number of carbonyl (C=O) groups excluding carboxylic acids is 1. The molecule has 2 aromatic heterocycles. The maximum absolute atomic E-state index is 13.5. The SMILES string of the molecule is Cc1cc(N2C[C@H]3C[C@H](O)[C@@H](NC(=O)CCCn4cncn4)C[C@H]3C2)ncc1F.O=CO. The van der Waals surface area contributed by atoms with Gasteiger partial charge in [0.2, 0.25) is 5.91 Å². The fraction of sp³-hybridized carbons (Fsp3) is 0.571. The first-order chi connectivity index (χ1) is 15.4. The van der Waals surface area contributed by atoms with Crippen molar-refractivity contribution < 1.29 is 24.2 Å². The van der Waals surface area contributed by atoms with Crippen LogP contribution in [0.15, 0.2) is 24.9 Å². The Balaban J connectivity index is 0.000000913. The Morgan fingerprint density at radius 1 is 1.34 bits per heavy atom. The number of fused-ring (bicyclic) bond motifs is 1. The Kier molecular flexibility index (Phi) is 8.09. The number of carbonyl (C=O) groups is 2. The zero-order valence-electron chi connectivity index (χ0n) is 18.0. The number of hydrogen-bond donors (Lipinski definition) is 3. The van der Waals surface area contributed by atoms with E-state index in [-0.39, 0.29) is 24.2 Å². The molecule has 2 aliphatic rings. The summed E-state index contributed by atoms with van der Waals surface area (Å²) in [5.41, 5.74) is 0.584. The summed E-state index contributed by atoms with van der Waals surface area (Å²) in [5, 5.41) is 24.5. The van der Waals surface area contributed by atoms with Crippen LogP contribution in [0.4, 0.5) is 10.2 Å². The number of hydrogen-bond acceptors (Lipinski definition) is 7. The molecule has 0 unspecified atom stereocenters. The van der Waals surface area contributed by atoms with E-state index in [1.807, 2.05) is 0 Å². The second-order valence-electron chi connectivity index (χ2n) is 8.30. The minimum atomic E-state index is -0.543. The van der Waals surface area contributed by atoms with Gasteiger partial charge in [-0.25, -0.2) is 14.4 Å². The van der Waals surface area contributed by atoms with Crippen molar-refractivity contribution in [3.05, 3.63) is 36.3 Å². The van der Waals surface area contributed by atoms with E-state index in [1.165, 1.54) is 12.5 Å². The zero-order valence-corrected chi connectivity index (χ0v) is 18.0. The normalized spacial score (nSPS) is 24.3. The molecule has 174 valence electrons. The van der Waals surface area contributed by atoms with Crippen LogP contribution < -0.4 is 10.2 Å². The highest BCUT2D eigenvalue weighted by molar-refractivity contribution is 5.76. The van der Waals surface area contributed by atoms with Gasteiger partial charge in [0.05, 0.1) is 18.3 Å². The van der Waals surface area contributed by atoms with Crippen molar-refractivity contribution in [2.24, 2.45) is 11.8 Å². The highest BCUT2D eigenvalue weighted by atomic mass is 19.1. The largest absolute Gasteiger partial charge is 0.483 e. The van der Waals surface area contributed by atoms with Crippen LogP contribution in [-0.2, 0) is 16.1 Å². The molecule has 1 saturated heterocycles. The van der Waals surface area contributed by atoms with Crippen molar-refractivity contribution in [1.29, 1.82) is 0 Å². The second-order valence-corrected chi connectivity index (χ2v) is 8.30. The van der Waals surface area contributed by atoms with Gasteiger partial charge in [0.15, 0.2) is 0 Å². The number of aliphatic hydroxyl groups excluding tert-OH is 1. The molecule has 1 aliphatic heterocycles. The summed E-state index contributed by atoms with van der Waals surface area (Å²) in [7, 11) is 0. The van der Waals surface area contributed by atoms with E-state index in [2.05, 4.69) is 25.3 Å². The van der Waals surface area contributed by atoms with Gasteiger partial charge in [-0.05, 0) is 49.7 Å². The lowest BCUT2D eigenvalue weighted by Gasteiger charge is -2.35. The number of anilines is 1. The minimum absolute atomic E-state index is 0.0432. The van der Waals surface area contributed by atoms with Crippen LogP contribution in [0.5, 0.6) is 0 Å². The number of halogens is 1. The summed E-state index contributed by atoms with van der Waals surface area (Å²) in [5.74, 6) is 1.18. The lowest BCUT2D eigenvalue weighted by atomic mass is 9.77. The summed E-state index contributed by atoms with van der Waals surface area (Å²) in [4.78, 5) is 30.9. The predicted octanol–water partition coefficient (Wildman–Crippen LogP) is 0.994. The molecule has 2 fully saturated rings. The van der Waals surface area contributed by atoms with Crippen LogP contribution in [0.2, 0.25) is 0 Å². The van der Waals surface area contributed by atoms with Crippen molar-refractivity contribution in [3.63, 3.8) is 0 Å². The van der Waals surface area contributed by atoms with Gasteiger partial charge >= 0.3 is 0 Å². The summed E-state index contributed by atoms with van der Waals surface area (Å²) in [6.07, 6.45) is 6.30. The minimum Gasteiger partial charge on any atom is -0.483 e. The van der Waals surface area contributed by atoms with Crippen molar-refractivity contribution >= 4 is 18.2 Å². The van der Waals surface area contributed by atoms with Crippen LogP contribution in [0, 0.1) is 24.6 Å². The van der Waals surface area contributed by atoms with Crippen LogP contribution in [-0.4, -0.2) is 67.6 Å². The molecule has 11 heteroatoms. The van der Waals surface area contributed by atoms with Crippen molar-refractivity contribution in [2.75, 3.05) is 18.0 Å². The van der Waals surface area contributed by atoms with Gasteiger partial charge in [0, 0.05) is 26.1 Å². The number of rotatable bonds is 6. The van der Waals surface area contributed by atoms with Gasteiger partial charge < -0.3 is 20.4 Å². The number of aliphatic hydroxyl groups is 1. The molecule has 3 N–H and O–H groups in total. The smallest absolute Gasteiger partial charge is 0.290 e. The number of aromatic nitrogens is 4. The third-order valence-electron chi connectivity index (χ3n) is 6.10. The molecule has 2 aromatic rings. The third-order valence-corrected chi connectivity index (χ3v) is 6.10. The van der Waals surface area contributed by atoms with E-state index in [1.54, 1.807) is 24.0 Å². The fourth-order valence-corrected chi connectivity index (χ4v) is 4.50. The van der Waals surface area contributed by atoms with Crippen LogP contribution in [0.1, 0.15) is 31.2 Å². The van der Waals surface area contributed by atoms with Crippen LogP contribution in [0.3, 0.4) is 0 Å². The van der Waals surface area contributed by atoms with E-state index >= 15 is 0 Å². The van der Waals surface area contributed by atoms with Gasteiger partial charge in [-0.15, -0.1) is 0 Å². The standard InChI is InChI=1S/C20H27FN6O2.CH2O2/c1-13-5-19(23-8-16(13)21)26-9-14-6-17(18(28)7-15(14)10-26)25-20(29)3-2-4-27-12-22-11-24-27;2-1-3/h5,8,11-12,14-15,17-18,28H,2-4,6-7,9-10H2,1H3,(H,25,29);1H,(H,2,3)/t14-,15+,17-,18-;/m0./s1. The van der Waals surface area contributed by atoms with Crippen LogP contribution in [0.25, 0.3) is 0 Å². The molecule has 0 bridgehead atoms. The van der Waals surface area contributed by atoms with E-state index in [0.29, 0.717) is 43.2 Å². The van der Waals surface area contributed by atoms with E-state index in [4.69, 9.17) is 9.90 Å². The monoisotopic (exact) mass is 448 g/mol. The summed E-state index contributed by atoms with van der Waals surface area (Å²) < 4.78 is 15.2. The Morgan fingerprint density at radius 2 is 2.06 bits per heavy atom. The maximum Gasteiger partial charge on any atom is 0.290 e. The number of carboxylic acid groups (broad SMARTS) is 1. The fourth-order valence-electron chi connectivity index (χ4n) is 4.50. The maximum atomic E-state index is 13.5. The summed E-state index contributed by atoms with van der Waals surface area (Å²) in [6, 6.07) is 1.55. The molecule has 1 aliphatic carbocycles. The van der Waals surface area contributed by atoms with Gasteiger partial charge in [0.1, 0.15) is 24.3 Å². The summed E-state index contributed by atoms with van der Waals surface area (Å²) in [6.45, 7) is 3.75. The zero-order chi connectivity index (χ0) is 23.1. The first kappa shape index (κ1) is 23.6. The topological polar surface area (TPSA) is 133 Å². The lowest BCUT2D eigenvalue weighted by molar-refractivity contribution is -0.124. The molecule has 0 radical (unpaired) electrons. The Morgan fingerprint density at radius 3 is 2.72 bits per heavy atom. The van der Waals surface area contributed by atoms with E-state index in [9.17, 15) is 14.3 Å². The number of pyridine rings is 1. The number of nitrogens with one attached hydrogen (secondary N) is 1. The highest BCUT2D eigenvalue weighted by Gasteiger charge is 2.42. The van der Waals surface area contributed by atoms with Crippen molar-refractivity contribution in [2.45, 2.75) is 51.3 Å². The summed E-state index contributed by atoms with van der Waals surface area (Å²) >= 11 is 0. The molecular formula is C21H29FN6O4. The first-order valence-corrected chi connectivity index (χ1v) is 10.7. The number of aryl methyl sites for hydroxylation is 2. The molecule has 4 atom stereocenters. The molecule has 3 heterocycles. The molecule has 1 saturated carbocycles. The van der Waals surface area contributed by atoms with Crippen LogP contribution >= 0.6 is 0 Å². The number of nitrogens with zero attached hydrogens (tertiary/aromatic N) is 5. The molecule has 0 aromatic carbocycles. The molecular weight excluding hydrogens is 419 g/mol. The quantitative estimate of drug-likeness (QED) is 0.557. The van der Waals surface area contributed by atoms with Crippen molar-refractivity contribution in [1.82, 2.24) is 25.1 Å². The first-order valence-electron chi connectivity index (χ1n) is 10.7. The van der Waals surface area contributed by atoms with Gasteiger partial charge in [0.25, 0.3) is 6.47 Å². The highest BCUT2D eigenvalue weighted by Crippen LogP contribution is 2.38. The predicted molar refractivity (Wildman–Crippen MR) is 113 cm³/mol. The Bertz CT molecular complexity index is 896. The van der Waals surface area contributed by atoms with Gasteiger partial charge in [-0.3, -0.25) is 14.3 Å². The molecule has 32 heavy (non-hydrogen) atoms. The molecule has 4 rings (SSSR count). The lowest BCUT2D eigenvalue weighted by Crippen LogP contribution is -2.49. The van der Waals surface area contributed by atoms with Gasteiger partial charge in [-0.2, -0.15) is 5.10 Å². The van der Waals surface area contributed by atoms with Crippen molar-refractivity contribution in [3.8, 4) is 0 Å². The van der Waals surface area contributed by atoms with E-state index < -0.39 is 6.10 Å². The average Bonchev–Trinajstić information content (AvgIpc) is 3.41. The average molecular weight is 448 g/mol. The number of amides is 1.